The van der Waals surface area contributed by atoms with E-state index in [4.69, 9.17) is 10.2 Å². The summed E-state index contributed by atoms with van der Waals surface area (Å²) in [5.74, 6) is -1.68. The second-order valence-corrected chi connectivity index (χ2v) is 5.09. The van der Waals surface area contributed by atoms with Crippen molar-refractivity contribution in [3.05, 3.63) is 45.9 Å². The number of benzene rings is 1. The Morgan fingerprint density at radius 1 is 1.45 bits per heavy atom. The number of aliphatic hydroxyl groups is 1. The van der Waals surface area contributed by atoms with E-state index in [-0.39, 0.29) is 18.0 Å². The molecule has 106 valence electrons. The lowest BCUT2D eigenvalue weighted by molar-refractivity contribution is 0.0688. The Morgan fingerprint density at radius 3 is 2.80 bits per heavy atom. The normalized spacial score (nSPS) is 10.8. The number of carboxylic acids is 1. The van der Waals surface area contributed by atoms with Gasteiger partial charge in [-0.05, 0) is 31.0 Å². The first-order chi connectivity index (χ1) is 9.52. The van der Waals surface area contributed by atoms with Crippen LogP contribution in [0.3, 0.4) is 0 Å². The average Bonchev–Trinajstić information content (AvgIpc) is 2.80. The second kappa shape index (κ2) is 6.15. The molecule has 0 aliphatic heterocycles. The van der Waals surface area contributed by atoms with Gasteiger partial charge in [0.2, 0.25) is 0 Å². The fourth-order valence-electron chi connectivity index (χ4n) is 1.83. The maximum absolute atomic E-state index is 13.9. The highest BCUT2D eigenvalue weighted by Crippen LogP contribution is 2.20. The van der Waals surface area contributed by atoms with Crippen molar-refractivity contribution in [1.82, 2.24) is 9.78 Å². The quantitative estimate of drug-likeness (QED) is 0.874. The van der Waals surface area contributed by atoms with E-state index in [1.54, 1.807) is 6.07 Å². The van der Waals surface area contributed by atoms with Crippen LogP contribution in [0.4, 0.5) is 4.39 Å². The Balaban J connectivity index is 2.44. The summed E-state index contributed by atoms with van der Waals surface area (Å²) in [6.45, 7) is -0.0448. The van der Waals surface area contributed by atoms with Crippen LogP contribution in [0.25, 0.3) is 5.69 Å². The summed E-state index contributed by atoms with van der Waals surface area (Å²) >= 11 is 3.15. The van der Waals surface area contributed by atoms with Gasteiger partial charge in [0.1, 0.15) is 11.5 Å². The number of halogens is 2. The van der Waals surface area contributed by atoms with Crippen LogP contribution in [0.1, 0.15) is 22.5 Å². The molecule has 0 unspecified atom stereocenters. The fraction of sp³-hybridized carbons (Fsp3) is 0.231. The number of aromatic nitrogens is 2. The Labute approximate surface area is 122 Å². The highest BCUT2D eigenvalue weighted by atomic mass is 79.9. The second-order valence-electron chi connectivity index (χ2n) is 4.18. The van der Waals surface area contributed by atoms with Crippen LogP contribution in [-0.2, 0) is 6.42 Å². The monoisotopic (exact) mass is 342 g/mol. The molecule has 0 bridgehead atoms. The minimum atomic E-state index is -1.17. The molecule has 1 aromatic heterocycles. The van der Waals surface area contributed by atoms with Crippen LogP contribution >= 0.6 is 15.9 Å². The minimum absolute atomic E-state index is 0.0448. The van der Waals surface area contributed by atoms with Crippen molar-refractivity contribution in [3.63, 3.8) is 0 Å². The van der Waals surface area contributed by atoms with E-state index in [0.717, 1.165) is 0 Å². The van der Waals surface area contributed by atoms with Gasteiger partial charge in [0.05, 0.1) is 0 Å². The Bertz CT molecular complexity index is 643. The zero-order chi connectivity index (χ0) is 14.7. The first kappa shape index (κ1) is 14.7. The van der Waals surface area contributed by atoms with Crippen LogP contribution in [0.15, 0.2) is 28.9 Å². The van der Waals surface area contributed by atoms with Crippen molar-refractivity contribution in [2.75, 3.05) is 6.61 Å². The number of carbonyl (C=O) groups is 1. The van der Waals surface area contributed by atoms with E-state index in [0.29, 0.717) is 22.9 Å². The van der Waals surface area contributed by atoms with Crippen LogP contribution in [0.2, 0.25) is 0 Å². The molecular formula is C13H12BrFN2O3. The molecule has 5 nitrogen and oxygen atoms in total. The van der Waals surface area contributed by atoms with Gasteiger partial charge < -0.3 is 10.2 Å². The summed E-state index contributed by atoms with van der Waals surface area (Å²) in [6, 6.07) is 4.44. The molecule has 0 saturated heterocycles. The topological polar surface area (TPSA) is 75.3 Å². The van der Waals surface area contributed by atoms with Crippen LogP contribution in [-0.4, -0.2) is 32.6 Å². The van der Waals surface area contributed by atoms with E-state index in [2.05, 4.69) is 21.0 Å². The Morgan fingerprint density at radius 2 is 2.20 bits per heavy atom. The number of rotatable bonds is 5. The summed E-state index contributed by atoms with van der Waals surface area (Å²) in [4.78, 5) is 11.1. The Hall–Kier alpha value is -1.73. The van der Waals surface area contributed by atoms with Crippen molar-refractivity contribution in [1.29, 1.82) is 0 Å². The van der Waals surface area contributed by atoms with E-state index in [1.807, 2.05) is 0 Å². The van der Waals surface area contributed by atoms with E-state index in [1.165, 1.54) is 23.0 Å². The molecule has 0 saturated carbocycles. The van der Waals surface area contributed by atoms with E-state index >= 15 is 0 Å². The van der Waals surface area contributed by atoms with Gasteiger partial charge in [-0.3, -0.25) is 0 Å². The average molecular weight is 343 g/mol. The smallest absolute Gasteiger partial charge is 0.356 e. The van der Waals surface area contributed by atoms with E-state index in [9.17, 15) is 9.18 Å². The molecule has 0 aliphatic rings. The number of hydrogen-bond acceptors (Lipinski definition) is 3. The molecule has 0 spiro atoms. The molecule has 1 aromatic carbocycles. The Kier molecular flexibility index (Phi) is 4.51. The molecule has 7 heteroatoms. The third kappa shape index (κ3) is 3.05. The molecule has 0 amide bonds. The maximum atomic E-state index is 13.9. The molecule has 0 radical (unpaired) electrons. The van der Waals surface area contributed by atoms with Crippen molar-refractivity contribution in [2.45, 2.75) is 12.8 Å². The molecule has 2 rings (SSSR count). The molecule has 2 aromatic rings. The first-order valence-electron chi connectivity index (χ1n) is 5.91. The SMILES string of the molecule is O=C(O)c1nn(-c2ccc(Br)cc2F)cc1CCCO. The van der Waals surface area contributed by atoms with Crippen molar-refractivity contribution in [3.8, 4) is 5.69 Å². The molecule has 2 N–H and O–H groups in total. The van der Waals surface area contributed by atoms with Gasteiger partial charge in [0, 0.05) is 22.8 Å². The van der Waals surface area contributed by atoms with Crippen molar-refractivity contribution >= 4 is 21.9 Å². The summed E-state index contributed by atoms with van der Waals surface area (Å²) < 4.78 is 15.6. The predicted molar refractivity (Wildman–Crippen MR) is 73.6 cm³/mol. The number of nitrogens with zero attached hydrogens (tertiary/aromatic N) is 2. The van der Waals surface area contributed by atoms with Gasteiger partial charge >= 0.3 is 5.97 Å². The maximum Gasteiger partial charge on any atom is 0.356 e. The lowest BCUT2D eigenvalue weighted by atomic mass is 10.1. The minimum Gasteiger partial charge on any atom is -0.476 e. The van der Waals surface area contributed by atoms with Gasteiger partial charge in [-0.2, -0.15) is 5.10 Å². The molecule has 1 heterocycles. The van der Waals surface area contributed by atoms with Gasteiger partial charge in [0.25, 0.3) is 0 Å². The first-order valence-corrected chi connectivity index (χ1v) is 6.70. The number of hydrogen-bond donors (Lipinski definition) is 2. The molecule has 0 fully saturated rings. The summed E-state index contributed by atoms with van der Waals surface area (Å²) in [7, 11) is 0. The highest BCUT2D eigenvalue weighted by Gasteiger charge is 2.17. The van der Waals surface area contributed by atoms with Crippen LogP contribution in [0.5, 0.6) is 0 Å². The third-order valence-corrected chi connectivity index (χ3v) is 3.25. The van der Waals surface area contributed by atoms with Gasteiger partial charge in [0.15, 0.2) is 5.69 Å². The van der Waals surface area contributed by atoms with Gasteiger partial charge in [-0.15, -0.1) is 0 Å². The van der Waals surface area contributed by atoms with Crippen LogP contribution < -0.4 is 0 Å². The fourth-order valence-corrected chi connectivity index (χ4v) is 2.17. The summed E-state index contributed by atoms with van der Waals surface area (Å²) in [5.41, 5.74) is 0.514. The largest absolute Gasteiger partial charge is 0.476 e. The third-order valence-electron chi connectivity index (χ3n) is 2.75. The molecule has 20 heavy (non-hydrogen) atoms. The predicted octanol–water partition coefficient (Wildman–Crippen LogP) is 2.40. The van der Waals surface area contributed by atoms with Crippen molar-refractivity contribution in [2.24, 2.45) is 0 Å². The number of aromatic carboxylic acids is 1. The zero-order valence-electron chi connectivity index (χ0n) is 10.4. The highest BCUT2D eigenvalue weighted by molar-refractivity contribution is 9.10. The standard InChI is InChI=1S/C13H12BrFN2O3/c14-9-3-4-11(10(15)6-9)17-7-8(2-1-5-18)12(16-17)13(19)20/h3-4,6-7,18H,1-2,5H2,(H,19,20). The molecule has 0 atom stereocenters. The lowest BCUT2D eigenvalue weighted by Gasteiger charge is -2.03. The summed E-state index contributed by atoms with van der Waals surface area (Å²) in [5, 5.41) is 21.8. The van der Waals surface area contributed by atoms with Gasteiger partial charge in [-0.1, -0.05) is 15.9 Å². The van der Waals surface area contributed by atoms with Crippen molar-refractivity contribution < 1.29 is 19.4 Å². The number of aliphatic hydroxyl groups excluding tert-OH is 1. The van der Waals surface area contributed by atoms with E-state index < -0.39 is 11.8 Å². The van der Waals surface area contributed by atoms with Gasteiger partial charge in [-0.25, -0.2) is 13.9 Å². The summed E-state index contributed by atoms with van der Waals surface area (Å²) in [6.07, 6.45) is 2.27. The molecule has 0 aliphatic carbocycles. The lowest BCUT2D eigenvalue weighted by Crippen LogP contribution is -2.04. The molecular weight excluding hydrogens is 331 g/mol. The zero-order valence-corrected chi connectivity index (χ0v) is 12.0. The van der Waals surface area contributed by atoms with Crippen LogP contribution in [0, 0.1) is 5.82 Å². The number of aryl methyl sites for hydroxylation is 1. The number of carboxylic acid groups (broad SMARTS) is 1.